The Morgan fingerprint density at radius 3 is 2.76 bits per heavy atom. The van der Waals surface area contributed by atoms with E-state index in [2.05, 4.69) is 10.3 Å². The van der Waals surface area contributed by atoms with E-state index in [1.165, 1.54) is 12.1 Å². The standard InChI is InChI=1S/C15H14Cl2N2O2/c1-3-21-12-8-9(2)4-6-11(12)18-15(20)14-10(16)5-7-13(17)19-14/h4-8H,3H2,1-2H3,(H,18,20). The van der Waals surface area contributed by atoms with Crippen LogP contribution < -0.4 is 10.1 Å². The van der Waals surface area contributed by atoms with E-state index in [0.29, 0.717) is 18.0 Å². The van der Waals surface area contributed by atoms with Gasteiger partial charge in [0.1, 0.15) is 16.6 Å². The Hall–Kier alpha value is -1.78. The van der Waals surface area contributed by atoms with Gasteiger partial charge in [0.05, 0.1) is 17.3 Å². The molecule has 0 aliphatic heterocycles. The molecule has 21 heavy (non-hydrogen) atoms. The molecule has 0 atom stereocenters. The fourth-order valence-electron chi connectivity index (χ4n) is 1.77. The monoisotopic (exact) mass is 324 g/mol. The van der Waals surface area contributed by atoms with E-state index in [1.807, 2.05) is 26.0 Å². The van der Waals surface area contributed by atoms with E-state index in [-0.39, 0.29) is 15.9 Å². The van der Waals surface area contributed by atoms with Gasteiger partial charge in [-0.15, -0.1) is 0 Å². The summed E-state index contributed by atoms with van der Waals surface area (Å²) in [6.07, 6.45) is 0. The van der Waals surface area contributed by atoms with Gasteiger partial charge in [0.15, 0.2) is 0 Å². The predicted molar refractivity (Wildman–Crippen MR) is 84.6 cm³/mol. The molecule has 2 aromatic rings. The number of amides is 1. The molecule has 0 unspecified atom stereocenters. The zero-order chi connectivity index (χ0) is 15.4. The number of pyridine rings is 1. The highest BCUT2D eigenvalue weighted by Gasteiger charge is 2.15. The smallest absolute Gasteiger partial charge is 0.275 e. The van der Waals surface area contributed by atoms with Crippen LogP contribution in [0.4, 0.5) is 5.69 Å². The Kier molecular flexibility index (Phi) is 5.04. The molecule has 2 rings (SSSR count). The summed E-state index contributed by atoms with van der Waals surface area (Å²) in [6, 6.07) is 8.57. The number of hydrogen-bond acceptors (Lipinski definition) is 3. The zero-order valence-corrected chi connectivity index (χ0v) is 13.1. The van der Waals surface area contributed by atoms with Crippen molar-refractivity contribution < 1.29 is 9.53 Å². The van der Waals surface area contributed by atoms with Crippen LogP contribution in [0.1, 0.15) is 23.0 Å². The molecule has 0 fully saturated rings. The predicted octanol–water partition coefficient (Wildman–Crippen LogP) is 4.35. The minimum absolute atomic E-state index is 0.0761. The first kappa shape index (κ1) is 15.6. The molecule has 1 amide bonds. The number of aryl methyl sites for hydroxylation is 1. The number of ether oxygens (including phenoxy) is 1. The number of carbonyl (C=O) groups is 1. The Morgan fingerprint density at radius 1 is 1.29 bits per heavy atom. The maximum absolute atomic E-state index is 12.3. The van der Waals surface area contributed by atoms with E-state index in [0.717, 1.165) is 5.56 Å². The minimum Gasteiger partial charge on any atom is -0.492 e. The molecule has 1 N–H and O–H groups in total. The Bertz CT molecular complexity index is 675. The topological polar surface area (TPSA) is 51.2 Å². The van der Waals surface area contributed by atoms with Crippen molar-refractivity contribution in [2.45, 2.75) is 13.8 Å². The molecule has 0 aliphatic rings. The van der Waals surface area contributed by atoms with Gasteiger partial charge in [-0.1, -0.05) is 29.3 Å². The number of nitrogens with zero attached hydrogens (tertiary/aromatic N) is 1. The Balaban J connectivity index is 2.29. The third-order valence-electron chi connectivity index (χ3n) is 2.71. The molecule has 1 aromatic heterocycles. The third kappa shape index (κ3) is 3.86. The molecular weight excluding hydrogens is 311 g/mol. The lowest BCUT2D eigenvalue weighted by molar-refractivity contribution is 0.102. The summed E-state index contributed by atoms with van der Waals surface area (Å²) >= 11 is 11.8. The largest absolute Gasteiger partial charge is 0.492 e. The number of benzene rings is 1. The van der Waals surface area contributed by atoms with Crippen LogP contribution in [0.2, 0.25) is 10.2 Å². The number of halogens is 2. The fourth-order valence-corrected chi connectivity index (χ4v) is 2.11. The first-order chi connectivity index (χ1) is 10.0. The molecule has 0 saturated heterocycles. The van der Waals surface area contributed by atoms with Gasteiger partial charge >= 0.3 is 0 Å². The number of carbonyl (C=O) groups excluding carboxylic acids is 1. The lowest BCUT2D eigenvalue weighted by Gasteiger charge is -2.12. The summed E-state index contributed by atoms with van der Waals surface area (Å²) in [4.78, 5) is 16.2. The van der Waals surface area contributed by atoms with Crippen LogP contribution in [0.25, 0.3) is 0 Å². The van der Waals surface area contributed by atoms with Crippen molar-refractivity contribution in [2.24, 2.45) is 0 Å². The third-order valence-corrected chi connectivity index (χ3v) is 3.23. The van der Waals surface area contributed by atoms with Gasteiger partial charge < -0.3 is 10.1 Å². The van der Waals surface area contributed by atoms with E-state index in [4.69, 9.17) is 27.9 Å². The summed E-state index contributed by atoms with van der Waals surface area (Å²) in [5.41, 5.74) is 1.67. The second kappa shape index (κ2) is 6.78. The molecule has 1 heterocycles. The van der Waals surface area contributed by atoms with Crippen molar-refractivity contribution >= 4 is 34.8 Å². The highest BCUT2D eigenvalue weighted by molar-refractivity contribution is 6.35. The Morgan fingerprint density at radius 2 is 2.05 bits per heavy atom. The summed E-state index contributed by atoms with van der Waals surface area (Å²) in [7, 11) is 0. The summed E-state index contributed by atoms with van der Waals surface area (Å²) < 4.78 is 5.51. The average molecular weight is 325 g/mol. The molecule has 4 nitrogen and oxygen atoms in total. The van der Waals surface area contributed by atoms with Gasteiger partial charge in [0.25, 0.3) is 5.91 Å². The van der Waals surface area contributed by atoms with Crippen molar-refractivity contribution in [1.82, 2.24) is 4.98 Å². The number of aromatic nitrogens is 1. The Labute approximate surface area is 133 Å². The molecule has 1 aromatic carbocycles. The quantitative estimate of drug-likeness (QED) is 0.851. The van der Waals surface area contributed by atoms with Crippen LogP contribution in [-0.4, -0.2) is 17.5 Å². The van der Waals surface area contributed by atoms with E-state index < -0.39 is 5.91 Å². The first-order valence-electron chi connectivity index (χ1n) is 6.38. The van der Waals surface area contributed by atoms with E-state index in [9.17, 15) is 4.79 Å². The lowest BCUT2D eigenvalue weighted by atomic mass is 10.2. The molecule has 0 bridgehead atoms. The molecule has 6 heteroatoms. The van der Waals surface area contributed by atoms with Crippen molar-refractivity contribution in [3.63, 3.8) is 0 Å². The number of rotatable bonds is 4. The van der Waals surface area contributed by atoms with Crippen LogP contribution in [0, 0.1) is 6.92 Å². The zero-order valence-electron chi connectivity index (χ0n) is 11.6. The molecule has 110 valence electrons. The minimum atomic E-state index is -0.438. The lowest BCUT2D eigenvalue weighted by Crippen LogP contribution is -2.15. The van der Waals surface area contributed by atoms with Crippen molar-refractivity contribution in [3.8, 4) is 5.75 Å². The molecule has 0 spiro atoms. The van der Waals surface area contributed by atoms with Gasteiger partial charge in [-0.2, -0.15) is 0 Å². The van der Waals surface area contributed by atoms with Gasteiger partial charge in [-0.05, 0) is 43.7 Å². The van der Waals surface area contributed by atoms with E-state index in [1.54, 1.807) is 6.07 Å². The summed E-state index contributed by atoms with van der Waals surface area (Å²) in [5, 5.41) is 3.18. The molecule has 0 aliphatic carbocycles. The normalized spacial score (nSPS) is 10.3. The first-order valence-corrected chi connectivity index (χ1v) is 7.13. The van der Waals surface area contributed by atoms with Crippen molar-refractivity contribution in [3.05, 3.63) is 51.8 Å². The SMILES string of the molecule is CCOc1cc(C)ccc1NC(=O)c1nc(Cl)ccc1Cl. The van der Waals surface area contributed by atoms with Gasteiger partial charge in [-0.25, -0.2) is 4.98 Å². The van der Waals surface area contributed by atoms with Gasteiger partial charge in [0.2, 0.25) is 0 Å². The highest BCUT2D eigenvalue weighted by Crippen LogP contribution is 2.27. The number of nitrogens with one attached hydrogen (secondary N) is 1. The van der Waals surface area contributed by atoms with Crippen LogP contribution in [0.5, 0.6) is 5.75 Å². The highest BCUT2D eigenvalue weighted by atomic mass is 35.5. The van der Waals surface area contributed by atoms with Gasteiger partial charge in [0, 0.05) is 0 Å². The van der Waals surface area contributed by atoms with Crippen LogP contribution >= 0.6 is 23.2 Å². The fraction of sp³-hybridized carbons (Fsp3) is 0.200. The molecular formula is C15H14Cl2N2O2. The summed E-state index contributed by atoms with van der Waals surface area (Å²) in [5.74, 6) is 0.163. The number of anilines is 1. The molecule has 0 radical (unpaired) electrons. The van der Waals surface area contributed by atoms with Crippen LogP contribution in [0.3, 0.4) is 0 Å². The average Bonchev–Trinajstić information content (AvgIpc) is 2.44. The van der Waals surface area contributed by atoms with E-state index >= 15 is 0 Å². The number of hydrogen-bond donors (Lipinski definition) is 1. The second-order valence-corrected chi connectivity index (χ2v) is 5.15. The van der Waals surface area contributed by atoms with Crippen molar-refractivity contribution in [1.29, 1.82) is 0 Å². The second-order valence-electron chi connectivity index (χ2n) is 4.35. The van der Waals surface area contributed by atoms with Crippen molar-refractivity contribution in [2.75, 3.05) is 11.9 Å². The van der Waals surface area contributed by atoms with Gasteiger partial charge in [-0.3, -0.25) is 4.79 Å². The van der Waals surface area contributed by atoms with Crippen LogP contribution in [-0.2, 0) is 0 Å². The van der Waals surface area contributed by atoms with Crippen LogP contribution in [0.15, 0.2) is 30.3 Å². The molecule has 0 saturated carbocycles. The summed E-state index contributed by atoms with van der Waals surface area (Å²) in [6.45, 7) is 4.33. The maximum Gasteiger partial charge on any atom is 0.275 e. The maximum atomic E-state index is 12.3.